The maximum atomic E-state index is 3.25. The summed E-state index contributed by atoms with van der Waals surface area (Å²) in [5, 5.41) is 6.18. The van der Waals surface area contributed by atoms with E-state index in [2.05, 4.69) is 66.0 Å². The van der Waals surface area contributed by atoms with Gasteiger partial charge in [-0.1, -0.05) is 60.7 Å². The molecule has 0 saturated heterocycles. The van der Waals surface area contributed by atoms with E-state index in [0.717, 1.165) is 6.54 Å². The summed E-state index contributed by atoms with van der Waals surface area (Å²) in [6.07, 6.45) is 1.19. The van der Waals surface area contributed by atoms with E-state index < -0.39 is 0 Å². The first kappa shape index (κ1) is 12.3. The van der Waals surface area contributed by atoms with E-state index in [0.29, 0.717) is 0 Å². The number of hydrogen-bond donors (Lipinski definition) is 1. The van der Waals surface area contributed by atoms with Crippen molar-refractivity contribution in [1.29, 1.82) is 0 Å². The van der Waals surface area contributed by atoms with Crippen LogP contribution in [0, 0.1) is 0 Å². The van der Waals surface area contributed by atoms with Gasteiger partial charge in [-0.05, 0) is 38.3 Å². The minimum absolute atomic E-state index is 0.219. The third-order valence-electron chi connectivity index (χ3n) is 2.72. The molecule has 0 amide bonds. The zero-order valence-corrected chi connectivity index (χ0v) is 11.0. The molecule has 0 unspecified atom stereocenters. The molecule has 0 aliphatic rings. The highest BCUT2D eigenvalue weighted by molar-refractivity contribution is 7.73. The predicted octanol–water partition coefficient (Wildman–Crippen LogP) is 2.34. The lowest BCUT2D eigenvalue weighted by Gasteiger charge is -2.18. The average Bonchev–Trinajstić information content (AvgIpc) is 2.42. The highest BCUT2D eigenvalue weighted by atomic mass is 31.1. The molecule has 0 spiro atoms. The lowest BCUT2D eigenvalue weighted by molar-refractivity contribution is 0.870. The zero-order valence-electron chi connectivity index (χ0n) is 10.1. The van der Waals surface area contributed by atoms with Crippen molar-refractivity contribution in [2.75, 3.05) is 19.8 Å². The summed E-state index contributed by atoms with van der Waals surface area (Å²) in [6.45, 7) is 1.06. The topological polar surface area (TPSA) is 12.0 Å². The fraction of sp³-hybridized carbons (Fsp3) is 0.200. The van der Waals surface area contributed by atoms with Crippen LogP contribution in [0.25, 0.3) is 0 Å². The summed E-state index contributed by atoms with van der Waals surface area (Å²) >= 11 is 0. The molecule has 0 bridgehead atoms. The highest BCUT2D eigenvalue weighted by Crippen LogP contribution is 2.32. The zero-order chi connectivity index (χ0) is 11.9. The predicted molar refractivity (Wildman–Crippen MR) is 77.9 cm³/mol. The fourth-order valence-corrected chi connectivity index (χ4v) is 4.17. The van der Waals surface area contributed by atoms with Crippen molar-refractivity contribution in [1.82, 2.24) is 5.32 Å². The molecule has 0 fully saturated rings. The van der Waals surface area contributed by atoms with Gasteiger partial charge in [-0.15, -0.1) is 0 Å². The van der Waals surface area contributed by atoms with Crippen molar-refractivity contribution in [2.24, 2.45) is 0 Å². The monoisotopic (exact) mass is 243 g/mol. The van der Waals surface area contributed by atoms with Gasteiger partial charge in [-0.25, -0.2) is 0 Å². The fourth-order valence-electron chi connectivity index (χ4n) is 1.85. The third-order valence-corrected chi connectivity index (χ3v) is 5.23. The summed E-state index contributed by atoms with van der Waals surface area (Å²) in [6, 6.07) is 21.7. The van der Waals surface area contributed by atoms with E-state index in [4.69, 9.17) is 0 Å². The maximum Gasteiger partial charge on any atom is -0.000647 e. The van der Waals surface area contributed by atoms with Crippen molar-refractivity contribution in [3.63, 3.8) is 0 Å². The van der Waals surface area contributed by atoms with E-state index in [-0.39, 0.29) is 7.92 Å². The average molecular weight is 243 g/mol. The lowest BCUT2D eigenvalue weighted by atomic mass is 10.4. The van der Waals surface area contributed by atoms with Crippen molar-refractivity contribution in [2.45, 2.75) is 0 Å². The Morgan fingerprint density at radius 3 is 1.71 bits per heavy atom. The van der Waals surface area contributed by atoms with Gasteiger partial charge in [-0.2, -0.15) is 0 Å². The van der Waals surface area contributed by atoms with Crippen LogP contribution in [-0.2, 0) is 0 Å². The van der Waals surface area contributed by atoms with Gasteiger partial charge in [0.25, 0.3) is 0 Å². The van der Waals surface area contributed by atoms with Crippen LogP contribution in [0.5, 0.6) is 0 Å². The molecule has 88 valence electrons. The van der Waals surface area contributed by atoms with Crippen LogP contribution in [-0.4, -0.2) is 19.8 Å². The van der Waals surface area contributed by atoms with Crippen LogP contribution < -0.4 is 15.9 Å². The standard InChI is InChI=1S/C15H18NP/c1-16-12-13-17(14-8-4-2-5-9-14)15-10-6-3-7-11-15/h2-11,16H,12-13H2,1H3. The molecule has 0 aliphatic heterocycles. The number of nitrogens with one attached hydrogen (secondary N) is 1. The van der Waals surface area contributed by atoms with Crippen LogP contribution in [0.4, 0.5) is 0 Å². The summed E-state index contributed by atoms with van der Waals surface area (Å²) in [7, 11) is 1.80. The molecule has 1 nitrogen and oxygen atoms in total. The Bertz CT molecular complexity index is 388. The second kappa shape index (κ2) is 6.54. The lowest BCUT2D eigenvalue weighted by Crippen LogP contribution is -2.20. The van der Waals surface area contributed by atoms with Gasteiger partial charge in [0.1, 0.15) is 0 Å². The first-order valence-electron chi connectivity index (χ1n) is 5.94. The second-order valence-electron chi connectivity index (χ2n) is 3.93. The van der Waals surface area contributed by atoms with E-state index in [1.807, 2.05) is 7.05 Å². The molecule has 2 heteroatoms. The maximum absolute atomic E-state index is 3.25. The number of hydrogen-bond acceptors (Lipinski definition) is 1. The molecular weight excluding hydrogens is 225 g/mol. The summed E-state index contributed by atoms with van der Waals surface area (Å²) in [5.74, 6) is 0. The van der Waals surface area contributed by atoms with Crippen LogP contribution in [0.3, 0.4) is 0 Å². The normalized spacial score (nSPS) is 10.7. The minimum atomic E-state index is -0.219. The highest BCUT2D eigenvalue weighted by Gasteiger charge is 2.11. The van der Waals surface area contributed by atoms with Gasteiger partial charge >= 0.3 is 0 Å². The molecule has 0 radical (unpaired) electrons. The Balaban J connectivity index is 2.26. The van der Waals surface area contributed by atoms with Gasteiger partial charge in [0.15, 0.2) is 0 Å². The van der Waals surface area contributed by atoms with Gasteiger partial charge in [0.2, 0.25) is 0 Å². The summed E-state index contributed by atoms with van der Waals surface area (Å²) < 4.78 is 0. The first-order valence-corrected chi connectivity index (χ1v) is 7.47. The molecule has 2 aromatic rings. The minimum Gasteiger partial charge on any atom is -0.319 e. The molecule has 0 atom stereocenters. The van der Waals surface area contributed by atoms with Gasteiger partial charge < -0.3 is 5.32 Å². The smallest absolute Gasteiger partial charge is 0.000647 e. The molecule has 0 saturated carbocycles. The molecular formula is C15H18NP. The van der Waals surface area contributed by atoms with Crippen LogP contribution in [0.15, 0.2) is 60.7 Å². The van der Waals surface area contributed by atoms with Gasteiger partial charge in [-0.3, -0.25) is 0 Å². The molecule has 1 N–H and O–H groups in total. The van der Waals surface area contributed by atoms with E-state index in [9.17, 15) is 0 Å². The Morgan fingerprint density at radius 2 is 1.29 bits per heavy atom. The molecule has 2 aromatic carbocycles. The largest absolute Gasteiger partial charge is 0.319 e. The Kier molecular flexibility index (Phi) is 4.73. The molecule has 0 aliphatic carbocycles. The Morgan fingerprint density at radius 1 is 0.824 bits per heavy atom. The summed E-state index contributed by atoms with van der Waals surface area (Å²) in [4.78, 5) is 0. The Labute approximate surface area is 105 Å². The molecule has 0 aromatic heterocycles. The van der Waals surface area contributed by atoms with E-state index in [1.54, 1.807) is 0 Å². The van der Waals surface area contributed by atoms with Crippen LogP contribution in [0.2, 0.25) is 0 Å². The molecule has 17 heavy (non-hydrogen) atoms. The van der Waals surface area contributed by atoms with Gasteiger partial charge in [0.05, 0.1) is 0 Å². The third kappa shape index (κ3) is 3.39. The van der Waals surface area contributed by atoms with Crippen LogP contribution >= 0.6 is 7.92 Å². The number of benzene rings is 2. The SMILES string of the molecule is CNCCP(c1ccccc1)c1ccccc1. The number of rotatable bonds is 5. The summed E-state index contributed by atoms with van der Waals surface area (Å²) in [5.41, 5.74) is 0. The molecule has 2 rings (SSSR count). The van der Waals surface area contributed by atoms with Crippen molar-refractivity contribution >= 4 is 18.5 Å². The van der Waals surface area contributed by atoms with Crippen LogP contribution in [0.1, 0.15) is 0 Å². The molecule has 0 heterocycles. The second-order valence-corrected chi connectivity index (χ2v) is 6.26. The van der Waals surface area contributed by atoms with Crippen molar-refractivity contribution in [3.05, 3.63) is 60.7 Å². The van der Waals surface area contributed by atoms with E-state index >= 15 is 0 Å². The van der Waals surface area contributed by atoms with Crippen molar-refractivity contribution < 1.29 is 0 Å². The van der Waals surface area contributed by atoms with Gasteiger partial charge in [0, 0.05) is 0 Å². The first-order chi connectivity index (χ1) is 8.42. The Hall–Kier alpha value is -1.17. The quantitative estimate of drug-likeness (QED) is 0.795. The van der Waals surface area contributed by atoms with Crippen molar-refractivity contribution in [3.8, 4) is 0 Å². The van der Waals surface area contributed by atoms with E-state index in [1.165, 1.54) is 16.8 Å².